The molecule has 39 heavy (non-hydrogen) atoms. The van der Waals surface area contributed by atoms with Gasteiger partial charge in [0.05, 0.1) is 24.9 Å². The topological polar surface area (TPSA) is 126 Å². The van der Waals surface area contributed by atoms with E-state index in [0.29, 0.717) is 73.8 Å². The summed E-state index contributed by atoms with van der Waals surface area (Å²) in [6.45, 7) is 10.3. The van der Waals surface area contributed by atoms with Crippen molar-refractivity contribution in [1.82, 2.24) is 20.3 Å². The van der Waals surface area contributed by atoms with Crippen LogP contribution in [-0.2, 0) is 19.3 Å². The zero-order valence-electron chi connectivity index (χ0n) is 22.6. The highest BCUT2D eigenvalue weighted by molar-refractivity contribution is 7.94. The molecule has 5 rings (SSSR count). The van der Waals surface area contributed by atoms with Crippen molar-refractivity contribution in [1.29, 1.82) is 0 Å². The van der Waals surface area contributed by atoms with Crippen LogP contribution in [0, 0.1) is 12.8 Å². The summed E-state index contributed by atoms with van der Waals surface area (Å²) in [7, 11) is -3.73. The molecule has 0 radical (unpaired) electrons. The van der Waals surface area contributed by atoms with E-state index < -0.39 is 14.6 Å². The summed E-state index contributed by atoms with van der Waals surface area (Å²) in [6.07, 6.45) is 0.966. The normalized spacial score (nSPS) is 18.7. The first kappa shape index (κ1) is 27.5. The number of carbonyl (C=O) groups is 1. The number of nitrogens with zero attached hydrogens (tertiary/aromatic N) is 4. The van der Waals surface area contributed by atoms with Gasteiger partial charge in [0.2, 0.25) is 14.2 Å². The van der Waals surface area contributed by atoms with Crippen LogP contribution in [0.2, 0.25) is 0 Å². The molecule has 2 amide bonds. The fourth-order valence-electron chi connectivity index (χ4n) is 4.59. The molecule has 208 valence electrons. The predicted octanol–water partition coefficient (Wildman–Crippen LogP) is 4.37. The Balaban J connectivity index is 1.50. The Bertz CT molecular complexity index is 1450. The quantitative estimate of drug-likeness (QED) is 0.409. The maximum atomic E-state index is 13.8. The van der Waals surface area contributed by atoms with Crippen LogP contribution in [0.1, 0.15) is 45.0 Å². The first-order chi connectivity index (χ1) is 18.6. The second-order valence-corrected chi connectivity index (χ2v) is 13.9. The number of benzene rings is 1. The van der Waals surface area contributed by atoms with Gasteiger partial charge in [-0.15, -0.1) is 11.3 Å². The van der Waals surface area contributed by atoms with E-state index in [9.17, 15) is 13.2 Å². The van der Waals surface area contributed by atoms with E-state index in [1.807, 2.05) is 32.0 Å². The summed E-state index contributed by atoms with van der Waals surface area (Å²) < 4.78 is 32.2. The van der Waals surface area contributed by atoms with Crippen LogP contribution in [0.15, 0.2) is 40.1 Å². The minimum atomic E-state index is -3.73. The second kappa shape index (κ2) is 10.8. The monoisotopic (exact) mass is 570 g/mol. The fourth-order valence-corrected chi connectivity index (χ4v) is 7.85. The third-order valence-electron chi connectivity index (χ3n) is 6.96. The minimum Gasteiger partial charge on any atom is -0.377 e. The number of hydrogen-bond donors (Lipinski definition) is 2. The maximum absolute atomic E-state index is 13.8. The fraction of sp³-hybridized carbons (Fsp3) is 0.481. The first-order valence-electron chi connectivity index (χ1n) is 13.1. The number of aryl methyl sites for hydroxylation is 1. The second-order valence-electron chi connectivity index (χ2n) is 10.6. The largest absolute Gasteiger partial charge is 0.377 e. The zero-order valence-corrected chi connectivity index (χ0v) is 24.2. The van der Waals surface area contributed by atoms with E-state index in [2.05, 4.69) is 27.4 Å². The Labute approximate surface area is 233 Å². The molecule has 2 aromatic heterocycles. The van der Waals surface area contributed by atoms with E-state index in [-0.39, 0.29) is 16.4 Å². The first-order valence-corrected chi connectivity index (χ1v) is 15.5. The standard InChI is InChI=1S/C27H34N6O4S2/c1-17(2)14-28-25(34)30-21-7-5-20(6-8-21)24-31-22(13-23(32-24)33-11-12-37-15-19(33)4)27(9-10-27)39(35,36)26-29-18(3)16-38-26/h5-8,13,16-17,19H,9-12,14-15H2,1-4H3,(H2,28,30,34)/t19-/m0/s1. The number of nitrogens with one attached hydrogen (secondary N) is 2. The molecule has 0 bridgehead atoms. The van der Waals surface area contributed by atoms with Crippen LogP contribution in [0.3, 0.4) is 0 Å². The van der Waals surface area contributed by atoms with Crippen molar-refractivity contribution in [3.63, 3.8) is 0 Å². The average Bonchev–Trinajstić information content (AvgIpc) is 3.63. The molecule has 1 aromatic carbocycles. The summed E-state index contributed by atoms with van der Waals surface area (Å²) in [4.78, 5) is 28.3. The highest BCUT2D eigenvalue weighted by atomic mass is 32.2. The molecule has 3 aromatic rings. The third-order valence-corrected chi connectivity index (χ3v) is 10.9. The number of morpholine rings is 1. The van der Waals surface area contributed by atoms with E-state index in [4.69, 9.17) is 14.7 Å². The summed E-state index contributed by atoms with van der Waals surface area (Å²) in [5, 5.41) is 7.42. The number of amides is 2. The molecule has 2 fully saturated rings. The van der Waals surface area contributed by atoms with Crippen LogP contribution >= 0.6 is 11.3 Å². The molecular formula is C27H34N6O4S2. The molecule has 0 unspecified atom stereocenters. The number of hydrogen-bond acceptors (Lipinski definition) is 9. The van der Waals surface area contributed by atoms with Gasteiger partial charge in [-0.2, -0.15) is 0 Å². The number of ether oxygens (including phenoxy) is 1. The third kappa shape index (κ3) is 5.64. The molecule has 0 spiro atoms. The predicted molar refractivity (Wildman–Crippen MR) is 152 cm³/mol. The van der Waals surface area contributed by atoms with Gasteiger partial charge >= 0.3 is 6.03 Å². The van der Waals surface area contributed by atoms with Gasteiger partial charge in [0.25, 0.3) is 0 Å². The van der Waals surface area contributed by atoms with Gasteiger partial charge in [0, 0.05) is 41.5 Å². The lowest BCUT2D eigenvalue weighted by molar-refractivity contribution is 0.0985. The van der Waals surface area contributed by atoms with Gasteiger partial charge in [-0.1, -0.05) is 13.8 Å². The van der Waals surface area contributed by atoms with Crippen LogP contribution in [0.4, 0.5) is 16.3 Å². The van der Waals surface area contributed by atoms with Gasteiger partial charge < -0.3 is 20.3 Å². The van der Waals surface area contributed by atoms with Crippen LogP contribution in [0.25, 0.3) is 11.4 Å². The average molecular weight is 571 g/mol. The van der Waals surface area contributed by atoms with Gasteiger partial charge in [-0.3, -0.25) is 0 Å². The highest BCUT2D eigenvalue weighted by Crippen LogP contribution is 2.55. The van der Waals surface area contributed by atoms with E-state index in [1.165, 1.54) is 0 Å². The SMILES string of the molecule is Cc1csc(S(=O)(=O)C2(c3cc(N4CCOC[C@@H]4C)nc(-c4ccc(NC(=O)NCC(C)C)cc4)n3)CC2)n1. The molecule has 1 aliphatic carbocycles. The molecule has 10 nitrogen and oxygen atoms in total. The molecule has 1 saturated carbocycles. The van der Waals surface area contributed by atoms with Gasteiger partial charge in [0.15, 0.2) is 5.82 Å². The van der Waals surface area contributed by atoms with Gasteiger partial charge in [-0.05, 0) is 56.9 Å². The smallest absolute Gasteiger partial charge is 0.319 e. The number of anilines is 2. The molecular weight excluding hydrogens is 536 g/mol. The summed E-state index contributed by atoms with van der Waals surface area (Å²) in [5.41, 5.74) is 2.54. The summed E-state index contributed by atoms with van der Waals surface area (Å²) in [5.74, 6) is 1.47. The van der Waals surface area contributed by atoms with Crippen LogP contribution in [-0.4, -0.2) is 61.7 Å². The van der Waals surface area contributed by atoms with Crippen molar-refractivity contribution in [3.8, 4) is 11.4 Å². The number of urea groups is 1. The highest BCUT2D eigenvalue weighted by Gasteiger charge is 2.59. The lowest BCUT2D eigenvalue weighted by Crippen LogP contribution is -2.44. The summed E-state index contributed by atoms with van der Waals surface area (Å²) in [6, 6.07) is 8.89. The lowest BCUT2D eigenvalue weighted by Gasteiger charge is -2.34. The van der Waals surface area contributed by atoms with Crippen molar-refractivity contribution in [2.24, 2.45) is 5.92 Å². The number of aromatic nitrogens is 3. The minimum absolute atomic E-state index is 0.0821. The Morgan fingerprint density at radius 2 is 1.95 bits per heavy atom. The van der Waals surface area contributed by atoms with Crippen LogP contribution < -0.4 is 15.5 Å². The van der Waals surface area contributed by atoms with Gasteiger partial charge in [-0.25, -0.2) is 28.2 Å². The number of sulfone groups is 1. The number of carbonyl (C=O) groups excluding carboxylic acids is 1. The molecule has 12 heteroatoms. The maximum Gasteiger partial charge on any atom is 0.319 e. The Morgan fingerprint density at radius 1 is 1.21 bits per heavy atom. The zero-order chi connectivity index (χ0) is 27.8. The molecule has 1 saturated heterocycles. The van der Waals surface area contributed by atoms with Crippen molar-refractivity contribution in [2.75, 3.05) is 36.5 Å². The van der Waals surface area contributed by atoms with Gasteiger partial charge in [0.1, 0.15) is 10.6 Å². The number of thiazole rings is 1. The summed E-state index contributed by atoms with van der Waals surface area (Å²) >= 11 is 1.15. The molecule has 2 aliphatic rings. The Morgan fingerprint density at radius 3 is 2.56 bits per heavy atom. The molecule has 1 aliphatic heterocycles. The van der Waals surface area contributed by atoms with Crippen molar-refractivity contribution in [3.05, 3.63) is 47.1 Å². The lowest BCUT2D eigenvalue weighted by atomic mass is 10.1. The molecule has 3 heterocycles. The molecule has 2 N–H and O–H groups in total. The van der Waals surface area contributed by atoms with E-state index >= 15 is 0 Å². The van der Waals surface area contributed by atoms with E-state index in [1.54, 1.807) is 24.4 Å². The number of rotatable bonds is 8. The Hall–Kier alpha value is -3.09. The van der Waals surface area contributed by atoms with Crippen molar-refractivity contribution < 1.29 is 17.9 Å². The Kier molecular flexibility index (Phi) is 7.62. The van der Waals surface area contributed by atoms with Crippen molar-refractivity contribution >= 4 is 38.7 Å². The van der Waals surface area contributed by atoms with Crippen LogP contribution in [0.5, 0.6) is 0 Å². The molecule has 1 atom stereocenters. The van der Waals surface area contributed by atoms with E-state index in [0.717, 1.165) is 16.9 Å². The van der Waals surface area contributed by atoms with Crippen molar-refractivity contribution in [2.45, 2.75) is 55.7 Å².